The molecule has 0 fully saturated rings. The Morgan fingerprint density at radius 2 is 1.87 bits per heavy atom. The maximum atomic E-state index is 11.2. The normalized spacial score (nSPS) is 11.7. The Morgan fingerprint density at radius 1 is 1.22 bits per heavy atom. The molecule has 2 rings (SSSR count). The largest absolute Gasteiger partial charge is 0.426 e. The first-order chi connectivity index (χ1) is 11.1. The van der Waals surface area contributed by atoms with E-state index in [2.05, 4.69) is 0 Å². The fraction of sp³-hybridized carbons (Fsp3) is 0.188. The van der Waals surface area contributed by atoms with Gasteiger partial charge in [0, 0.05) is 5.75 Å². The zero-order valence-corrected chi connectivity index (χ0v) is 13.2. The fourth-order valence-corrected chi connectivity index (χ4v) is 2.55. The SMILES string of the molecule is N=C(N)SCCc1ccc(OC(c2ccccc2)[N+](=O)[O-])cc1. The molecule has 0 spiro atoms. The standard InChI is InChI=1S/C16H17N3O3S/c17-16(18)23-11-10-12-6-8-14(9-7-12)22-15(19(20)21)13-4-2-1-3-5-13/h1-9,15H,10-11H2,(H3,17,18). The molecule has 3 N–H and O–H groups in total. The minimum Gasteiger partial charge on any atom is -0.426 e. The van der Waals surface area contributed by atoms with E-state index >= 15 is 0 Å². The molecule has 120 valence electrons. The predicted molar refractivity (Wildman–Crippen MR) is 91.3 cm³/mol. The Bertz CT molecular complexity index is 662. The van der Waals surface area contributed by atoms with Gasteiger partial charge in [-0.15, -0.1) is 0 Å². The first-order valence-electron chi connectivity index (χ1n) is 6.97. The van der Waals surface area contributed by atoms with Gasteiger partial charge >= 0.3 is 6.23 Å². The zero-order chi connectivity index (χ0) is 16.7. The number of benzene rings is 2. The lowest BCUT2D eigenvalue weighted by molar-refractivity contribution is -0.570. The summed E-state index contributed by atoms with van der Waals surface area (Å²) in [4.78, 5) is 10.8. The molecule has 0 aromatic heterocycles. The van der Waals surface area contributed by atoms with E-state index in [0.717, 1.165) is 17.7 Å². The molecule has 0 saturated carbocycles. The van der Waals surface area contributed by atoms with E-state index in [0.29, 0.717) is 11.3 Å². The van der Waals surface area contributed by atoms with Gasteiger partial charge in [-0.1, -0.05) is 42.1 Å². The number of rotatable bonds is 7. The average molecular weight is 331 g/mol. The van der Waals surface area contributed by atoms with E-state index in [1.54, 1.807) is 42.5 Å². The molecule has 1 unspecified atom stereocenters. The molecule has 7 heteroatoms. The molecule has 0 radical (unpaired) electrons. The Hall–Kier alpha value is -2.54. The van der Waals surface area contributed by atoms with Crippen molar-refractivity contribution >= 4 is 16.9 Å². The van der Waals surface area contributed by atoms with Crippen molar-refractivity contribution in [3.05, 3.63) is 75.8 Å². The molecule has 0 aliphatic heterocycles. The second kappa shape index (κ2) is 8.19. The molecule has 2 aromatic rings. The summed E-state index contributed by atoms with van der Waals surface area (Å²) in [5.41, 5.74) is 6.84. The lowest BCUT2D eigenvalue weighted by Gasteiger charge is -2.12. The van der Waals surface area contributed by atoms with Gasteiger partial charge in [-0.2, -0.15) is 0 Å². The highest BCUT2D eigenvalue weighted by Gasteiger charge is 2.24. The van der Waals surface area contributed by atoms with Crippen molar-refractivity contribution in [3.8, 4) is 5.75 Å². The van der Waals surface area contributed by atoms with Gasteiger partial charge in [0.2, 0.25) is 0 Å². The second-order valence-corrected chi connectivity index (χ2v) is 5.91. The van der Waals surface area contributed by atoms with E-state index in [1.165, 1.54) is 11.8 Å². The van der Waals surface area contributed by atoms with Crippen LogP contribution in [0.25, 0.3) is 0 Å². The molecule has 23 heavy (non-hydrogen) atoms. The minimum atomic E-state index is -1.23. The van der Waals surface area contributed by atoms with Crippen molar-refractivity contribution in [3.63, 3.8) is 0 Å². The summed E-state index contributed by atoms with van der Waals surface area (Å²) in [6, 6.07) is 15.8. The quantitative estimate of drug-likeness (QED) is 0.267. The summed E-state index contributed by atoms with van der Waals surface area (Å²) in [6.07, 6.45) is -0.461. The van der Waals surface area contributed by atoms with Gasteiger partial charge < -0.3 is 10.5 Å². The minimum absolute atomic E-state index is 0.0987. The smallest absolute Gasteiger partial charge is 0.380 e. The number of hydrogen-bond acceptors (Lipinski definition) is 5. The first kappa shape index (κ1) is 16.8. The molecule has 1 atom stereocenters. The third kappa shape index (κ3) is 5.30. The molecule has 6 nitrogen and oxygen atoms in total. The zero-order valence-electron chi connectivity index (χ0n) is 12.3. The topological polar surface area (TPSA) is 102 Å². The van der Waals surface area contributed by atoms with Crippen LogP contribution in [0.5, 0.6) is 5.75 Å². The van der Waals surface area contributed by atoms with Crippen LogP contribution < -0.4 is 10.5 Å². The second-order valence-electron chi connectivity index (χ2n) is 4.77. The molecule has 0 aliphatic carbocycles. The van der Waals surface area contributed by atoms with Crippen LogP contribution in [0.3, 0.4) is 0 Å². The Balaban J connectivity index is 2.01. The number of nitrogens with one attached hydrogen (secondary N) is 1. The van der Waals surface area contributed by atoms with Gasteiger partial charge in [0.15, 0.2) is 5.17 Å². The van der Waals surface area contributed by atoms with Crippen molar-refractivity contribution in [2.45, 2.75) is 12.6 Å². The molecule has 2 aromatic carbocycles. The van der Waals surface area contributed by atoms with Crippen molar-refractivity contribution in [1.82, 2.24) is 0 Å². The van der Waals surface area contributed by atoms with Crippen LogP contribution in [-0.4, -0.2) is 15.8 Å². The van der Waals surface area contributed by atoms with E-state index in [9.17, 15) is 10.1 Å². The number of nitrogens with zero attached hydrogens (tertiary/aromatic N) is 1. The van der Waals surface area contributed by atoms with Gasteiger partial charge in [0.25, 0.3) is 0 Å². The van der Waals surface area contributed by atoms with Crippen LogP contribution in [0.4, 0.5) is 0 Å². The number of amidine groups is 1. The lowest BCUT2D eigenvalue weighted by Crippen LogP contribution is -2.17. The monoisotopic (exact) mass is 331 g/mol. The third-order valence-corrected chi connectivity index (χ3v) is 3.81. The Labute approximate surface area is 138 Å². The lowest BCUT2D eigenvalue weighted by atomic mass is 10.1. The number of thioether (sulfide) groups is 1. The van der Waals surface area contributed by atoms with Crippen LogP contribution in [0.1, 0.15) is 17.4 Å². The van der Waals surface area contributed by atoms with E-state index in [4.69, 9.17) is 15.9 Å². The number of nitro groups is 1. The molecule has 0 saturated heterocycles. The summed E-state index contributed by atoms with van der Waals surface area (Å²) >= 11 is 1.28. The Morgan fingerprint density at radius 3 is 2.43 bits per heavy atom. The van der Waals surface area contributed by atoms with Crippen molar-refractivity contribution in [1.29, 1.82) is 5.41 Å². The van der Waals surface area contributed by atoms with Gasteiger partial charge in [-0.3, -0.25) is 15.5 Å². The number of nitrogens with two attached hydrogens (primary N) is 1. The van der Waals surface area contributed by atoms with Crippen molar-refractivity contribution < 1.29 is 9.66 Å². The maximum absolute atomic E-state index is 11.2. The maximum Gasteiger partial charge on any atom is 0.380 e. The highest BCUT2D eigenvalue weighted by atomic mass is 32.2. The predicted octanol–water partition coefficient (Wildman–Crippen LogP) is 3.21. The van der Waals surface area contributed by atoms with Gasteiger partial charge in [0.05, 0.1) is 10.5 Å². The van der Waals surface area contributed by atoms with E-state index in [-0.39, 0.29) is 5.17 Å². The molecule has 0 amide bonds. The Kier molecular flexibility index (Phi) is 5.99. The molecule has 0 bridgehead atoms. The summed E-state index contributed by atoms with van der Waals surface area (Å²) in [5, 5.41) is 18.5. The summed E-state index contributed by atoms with van der Waals surface area (Å²) in [6.45, 7) is 0. The van der Waals surface area contributed by atoms with E-state index < -0.39 is 11.2 Å². The summed E-state index contributed by atoms with van der Waals surface area (Å²) in [5.74, 6) is 1.16. The fourth-order valence-electron chi connectivity index (χ4n) is 1.99. The molecular weight excluding hydrogens is 314 g/mol. The van der Waals surface area contributed by atoms with Gasteiger partial charge in [-0.25, -0.2) is 0 Å². The third-order valence-electron chi connectivity index (χ3n) is 3.10. The number of aryl methyl sites for hydroxylation is 1. The first-order valence-corrected chi connectivity index (χ1v) is 7.95. The van der Waals surface area contributed by atoms with E-state index in [1.807, 2.05) is 12.1 Å². The molecular formula is C16H17N3O3S. The number of ether oxygens (including phenoxy) is 1. The van der Waals surface area contributed by atoms with Crippen LogP contribution in [0.15, 0.2) is 54.6 Å². The molecule has 0 heterocycles. The molecule has 0 aliphatic rings. The summed E-state index contributed by atoms with van der Waals surface area (Å²) in [7, 11) is 0. The van der Waals surface area contributed by atoms with Gasteiger partial charge in [-0.05, 0) is 36.2 Å². The highest BCUT2D eigenvalue weighted by Crippen LogP contribution is 2.23. The van der Waals surface area contributed by atoms with Crippen LogP contribution in [-0.2, 0) is 6.42 Å². The van der Waals surface area contributed by atoms with Crippen LogP contribution in [0.2, 0.25) is 0 Å². The van der Waals surface area contributed by atoms with Crippen molar-refractivity contribution in [2.75, 3.05) is 5.75 Å². The summed E-state index contributed by atoms with van der Waals surface area (Å²) < 4.78 is 5.50. The van der Waals surface area contributed by atoms with Crippen molar-refractivity contribution in [2.24, 2.45) is 5.73 Å². The highest BCUT2D eigenvalue weighted by molar-refractivity contribution is 8.13. The average Bonchev–Trinajstić information content (AvgIpc) is 2.54. The van der Waals surface area contributed by atoms with Gasteiger partial charge in [0.1, 0.15) is 5.75 Å². The number of hydrogen-bond donors (Lipinski definition) is 2. The van der Waals surface area contributed by atoms with Crippen LogP contribution >= 0.6 is 11.8 Å². The van der Waals surface area contributed by atoms with Crippen LogP contribution in [0, 0.1) is 15.5 Å².